The first-order chi connectivity index (χ1) is 8.90. The van der Waals surface area contributed by atoms with Gasteiger partial charge in [0, 0.05) is 12.6 Å². The van der Waals surface area contributed by atoms with Crippen molar-refractivity contribution in [3.05, 3.63) is 0 Å². The Bertz CT molecular complexity index is 385. The van der Waals surface area contributed by atoms with Gasteiger partial charge in [-0.1, -0.05) is 13.8 Å². The van der Waals surface area contributed by atoms with Crippen molar-refractivity contribution >= 4 is 30.3 Å². The quantitative estimate of drug-likeness (QED) is 0.600. The number of hydrogen-bond acceptors (Lipinski definition) is 4. The summed E-state index contributed by atoms with van der Waals surface area (Å²) in [5.74, 6) is -0.720. The first-order valence-electron chi connectivity index (χ1n) is 6.53. The molecule has 7 nitrogen and oxygen atoms in total. The van der Waals surface area contributed by atoms with Crippen molar-refractivity contribution < 1.29 is 14.4 Å². The number of carbonyl (C=O) groups is 3. The molecule has 4 amide bonds. The van der Waals surface area contributed by atoms with Crippen LogP contribution in [0.5, 0.6) is 0 Å². The van der Waals surface area contributed by atoms with E-state index in [9.17, 15) is 14.4 Å². The van der Waals surface area contributed by atoms with Crippen LogP contribution < -0.4 is 16.4 Å². The van der Waals surface area contributed by atoms with Crippen molar-refractivity contribution in [2.75, 3.05) is 13.1 Å². The number of rotatable bonds is 6. The van der Waals surface area contributed by atoms with Crippen molar-refractivity contribution in [2.45, 2.75) is 45.2 Å². The van der Waals surface area contributed by atoms with Gasteiger partial charge in [0.05, 0.1) is 0 Å². The van der Waals surface area contributed by atoms with Crippen LogP contribution >= 0.6 is 12.4 Å². The number of imide groups is 1. The summed E-state index contributed by atoms with van der Waals surface area (Å²) in [6.07, 6.45) is 1.01. The van der Waals surface area contributed by atoms with E-state index in [0.29, 0.717) is 19.4 Å². The van der Waals surface area contributed by atoms with Crippen LogP contribution in [-0.4, -0.2) is 47.4 Å². The molecule has 1 aliphatic rings. The minimum absolute atomic E-state index is 0. The second-order valence-corrected chi connectivity index (χ2v) is 4.81. The van der Waals surface area contributed by atoms with E-state index >= 15 is 0 Å². The number of urea groups is 1. The molecule has 1 saturated heterocycles. The molecule has 20 heavy (non-hydrogen) atoms. The lowest BCUT2D eigenvalue weighted by molar-refractivity contribution is -0.135. The van der Waals surface area contributed by atoms with E-state index < -0.39 is 11.6 Å². The maximum absolute atomic E-state index is 12.2. The Hall–Kier alpha value is -1.34. The Morgan fingerprint density at radius 2 is 1.95 bits per heavy atom. The molecule has 116 valence electrons. The summed E-state index contributed by atoms with van der Waals surface area (Å²) in [7, 11) is 0. The van der Waals surface area contributed by atoms with Crippen LogP contribution in [0.1, 0.15) is 33.6 Å². The van der Waals surface area contributed by atoms with Crippen LogP contribution in [0, 0.1) is 0 Å². The van der Waals surface area contributed by atoms with Gasteiger partial charge in [0.15, 0.2) is 0 Å². The third-order valence-electron chi connectivity index (χ3n) is 3.52. The third-order valence-corrected chi connectivity index (χ3v) is 3.52. The Kier molecular flexibility index (Phi) is 6.95. The first-order valence-corrected chi connectivity index (χ1v) is 6.53. The predicted octanol–water partition coefficient (Wildman–Crippen LogP) is -0.0178. The number of halogens is 1. The summed E-state index contributed by atoms with van der Waals surface area (Å²) < 4.78 is 0. The van der Waals surface area contributed by atoms with Crippen molar-refractivity contribution in [2.24, 2.45) is 5.73 Å². The summed E-state index contributed by atoms with van der Waals surface area (Å²) in [6.45, 7) is 5.46. The lowest BCUT2D eigenvalue weighted by atomic mass is 9.93. The second-order valence-electron chi connectivity index (χ2n) is 4.81. The highest BCUT2D eigenvalue weighted by Gasteiger charge is 2.49. The molecule has 1 fully saturated rings. The zero-order valence-corrected chi connectivity index (χ0v) is 12.9. The van der Waals surface area contributed by atoms with Crippen LogP contribution in [0.3, 0.4) is 0 Å². The molecule has 0 radical (unpaired) electrons. The Balaban J connectivity index is 0.00000361. The van der Waals surface area contributed by atoms with E-state index in [2.05, 4.69) is 10.6 Å². The number of hydrogen-bond donors (Lipinski definition) is 3. The SMILES string of the molecule is CCC1(CC)NC(=O)N(CC(=O)N[C@@H](C)CN)C1=O.Cl. The van der Waals surface area contributed by atoms with E-state index in [-0.39, 0.29) is 36.8 Å². The molecule has 0 saturated carbocycles. The van der Waals surface area contributed by atoms with Crippen molar-refractivity contribution in [1.82, 2.24) is 15.5 Å². The van der Waals surface area contributed by atoms with Gasteiger partial charge in [0.2, 0.25) is 5.91 Å². The minimum Gasteiger partial charge on any atom is -0.351 e. The molecular weight excluding hydrogens is 284 g/mol. The van der Waals surface area contributed by atoms with Gasteiger partial charge in [0.25, 0.3) is 5.91 Å². The van der Waals surface area contributed by atoms with Gasteiger partial charge in [-0.05, 0) is 19.8 Å². The molecular formula is C12H23ClN4O3. The fourth-order valence-corrected chi connectivity index (χ4v) is 2.07. The van der Waals surface area contributed by atoms with Gasteiger partial charge in [-0.15, -0.1) is 12.4 Å². The van der Waals surface area contributed by atoms with Crippen LogP contribution in [0.2, 0.25) is 0 Å². The largest absolute Gasteiger partial charge is 0.351 e. The van der Waals surface area contributed by atoms with Crippen molar-refractivity contribution in [3.8, 4) is 0 Å². The maximum atomic E-state index is 12.2. The zero-order chi connectivity index (χ0) is 14.6. The standard InChI is InChI=1S/C12H22N4O3.ClH/c1-4-12(5-2)10(18)16(11(19)15-12)7-9(17)14-8(3)6-13;/h8H,4-7,13H2,1-3H3,(H,14,17)(H,15,19);1H/t8-;/m0./s1. The van der Waals surface area contributed by atoms with Gasteiger partial charge >= 0.3 is 6.03 Å². The van der Waals surface area contributed by atoms with E-state index in [0.717, 1.165) is 4.90 Å². The highest BCUT2D eigenvalue weighted by atomic mass is 35.5. The molecule has 0 aromatic carbocycles. The molecule has 1 heterocycles. The average Bonchev–Trinajstić information content (AvgIpc) is 2.63. The number of nitrogens with zero attached hydrogens (tertiary/aromatic N) is 1. The van der Waals surface area contributed by atoms with E-state index in [1.54, 1.807) is 6.92 Å². The molecule has 1 rings (SSSR count). The molecule has 8 heteroatoms. The second kappa shape index (κ2) is 7.44. The summed E-state index contributed by atoms with van der Waals surface area (Å²) in [4.78, 5) is 36.7. The van der Waals surface area contributed by atoms with Gasteiger partial charge < -0.3 is 16.4 Å². The van der Waals surface area contributed by atoms with Crippen LogP contribution in [0.25, 0.3) is 0 Å². The molecule has 0 aliphatic carbocycles. The summed E-state index contributed by atoms with van der Waals surface area (Å²) in [6, 6.07) is -0.695. The topological polar surface area (TPSA) is 105 Å². The summed E-state index contributed by atoms with van der Waals surface area (Å²) in [5.41, 5.74) is 4.53. The Morgan fingerprint density at radius 1 is 1.40 bits per heavy atom. The molecule has 0 spiro atoms. The molecule has 4 N–H and O–H groups in total. The lowest BCUT2D eigenvalue weighted by Gasteiger charge is -2.23. The average molecular weight is 307 g/mol. The number of nitrogens with one attached hydrogen (secondary N) is 2. The normalized spacial score (nSPS) is 18.3. The molecule has 0 aromatic heterocycles. The van der Waals surface area contributed by atoms with Gasteiger partial charge in [0.1, 0.15) is 12.1 Å². The highest BCUT2D eigenvalue weighted by Crippen LogP contribution is 2.24. The van der Waals surface area contributed by atoms with Crippen LogP contribution in [0.4, 0.5) is 4.79 Å². The van der Waals surface area contributed by atoms with Gasteiger partial charge in [-0.25, -0.2) is 4.79 Å². The van der Waals surface area contributed by atoms with E-state index in [4.69, 9.17) is 5.73 Å². The van der Waals surface area contributed by atoms with Crippen LogP contribution in [0.15, 0.2) is 0 Å². The highest BCUT2D eigenvalue weighted by molar-refractivity contribution is 6.08. The molecule has 0 aromatic rings. The lowest BCUT2D eigenvalue weighted by Crippen LogP contribution is -2.48. The Morgan fingerprint density at radius 3 is 2.35 bits per heavy atom. The zero-order valence-electron chi connectivity index (χ0n) is 12.1. The number of nitrogens with two attached hydrogens (primary N) is 1. The summed E-state index contributed by atoms with van der Waals surface area (Å²) >= 11 is 0. The fourth-order valence-electron chi connectivity index (χ4n) is 2.07. The first kappa shape index (κ1) is 18.7. The van der Waals surface area contributed by atoms with Gasteiger partial charge in [-0.3, -0.25) is 14.5 Å². The van der Waals surface area contributed by atoms with E-state index in [1.807, 2.05) is 13.8 Å². The minimum atomic E-state index is -0.864. The fraction of sp³-hybridized carbons (Fsp3) is 0.750. The molecule has 0 bridgehead atoms. The molecule has 1 atom stereocenters. The number of carbonyl (C=O) groups excluding carboxylic acids is 3. The van der Waals surface area contributed by atoms with E-state index in [1.165, 1.54) is 0 Å². The molecule has 1 aliphatic heterocycles. The van der Waals surface area contributed by atoms with Crippen molar-refractivity contribution in [1.29, 1.82) is 0 Å². The third kappa shape index (κ3) is 3.61. The monoisotopic (exact) mass is 306 g/mol. The predicted molar refractivity (Wildman–Crippen MR) is 77.5 cm³/mol. The number of amides is 4. The summed E-state index contributed by atoms with van der Waals surface area (Å²) in [5, 5.41) is 5.30. The Labute approximate surface area is 125 Å². The van der Waals surface area contributed by atoms with Crippen LogP contribution in [-0.2, 0) is 9.59 Å². The molecule has 0 unspecified atom stereocenters. The maximum Gasteiger partial charge on any atom is 0.325 e. The van der Waals surface area contributed by atoms with Crippen molar-refractivity contribution in [3.63, 3.8) is 0 Å². The smallest absolute Gasteiger partial charge is 0.325 e. The van der Waals surface area contributed by atoms with Gasteiger partial charge in [-0.2, -0.15) is 0 Å².